The van der Waals surface area contributed by atoms with E-state index in [0.29, 0.717) is 11.3 Å². The van der Waals surface area contributed by atoms with Gasteiger partial charge in [-0.25, -0.2) is 13.1 Å². The van der Waals surface area contributed by atoms with Crippen molar-refractivity contribution in [2.75, 3.05) is 20.8 Å². The molecule has 6 nitrogen and oxygen atoms in total. The Bertz CT molecular complexity index is 871. The Morgan fingerprint density at radius 3 is 2.19 bits per heavy atom. The van der Waals surface area contributed by atoms with Crippen LogP contribution in [0.3, 0.4) is 0 Å². The van der Waals surface area contributed by atoms with Crippen molar-refractivity contribution in [1.29, 1.82) is 0 Å². The molecule has 27 heavy (non-hydrogen) atoms. The number of benzene rings is 2. The third kappa shape index (κ3) is 5.59. The molecule has 2 rings (SSSR count). The Kier molecular flexibility index (Phi) is 6.68. The zero-order chi connectivity index (χ0) is 20.1. The highest BCUT2D eigenvalue weighted by atomic mass is 32.2. The molecule has 2 aromatic carbocycles. The number of hydrogen-bond acceptors (Lipinski definition) is 5. The van der Waals surface area contributed by atoms with Crippen LogP contribution < -0.4 is 14.2 Å². The molecular weight excluding hydrogens is 387 g/mol. The number of halogens is 3. The van der Waals surface area contributed by atoms with E-state index in [1.54, 1.807) is 24.3 Å². The van der Waals surface area contributed by atoms with Gasteiger partial charge in [-0.05, 0) is 18.2 Å². The first-order chi connectivity index (χ1) is 12.7. The van der Waals surface area contributed by atoms with Gasteiger partial charge in [0.25, 0.3) is 0 Å². The van der Waals surface area contributed by atoms with Crippen LogP contribution in [0.5, 0.6) is 11.5 Å². The SMILES string of the molecule is COc1ccccc1[C@@H](CNS(=O)(=O)c1ccccc1OC(F)(F)F)OC. The Morgan fingerprint density at radius 2 is 1.59 bits per heavy atom. The number of nitrogens with one attached hydrogen (secondary N) is 1. The Hall–Kier alpha value is -2.30. The second kappa shape index (κ2) is 8.59. The lowest BCUT2D eigenvalue weighted by Crippen LogP contribution is -2.30. The van der Waals surface area contributed by atoms with Gasteiger partial charge in [-0.15, -0.1) is 13.2 Å². The summed E-state index contributed by atoms with van der Waals surface area (Å²) in [6.45, 7) is -0.223. The summed E-state index contributed by atoms with van der Waals surface area (Å²) in [5, 5.41) is 0. The molecule has 0 amide bonds. The first kappa shape index (κ1) is 21.0. The van der Waals surface area contributed by atoms with Gasteiger partial charge in [-0.3, -0.25) is 0 Å². The van der Waals surface area contributed by atoms with Gasteiger partial charge in [-0.1, -0.05) is 30.3 Å². The van der Waals surface area contributed by atoms with Crippen LogP contribution in [0.25, 0.3) is 0 Å². The summed E-state index contributed by atoms with van der Waals surface area (Å²) in [4.78, 5) is -0.628. The zero-order valence-electron chi connectivity index (χ0n) is 14.5. The second-order valence-electron chi connectivity index (χ2n) is 5.31. The average Bonchev–Trinajstić information content (AvgIpc) is 2.61. The quantitative estimate of drug-likeness (QED) is 0.730. The maximum Gasteiger partial charge on any atom is 0.573 e. The maximum atomic E-state index is 12.5. The van der Waals surface area contributed by atoms with Crippen molar-refractivity contribution in [3.8, 4) is 11.5 Å². The summed E-state index contributed by atoms with van der Waals surface area (Å²) in [6, 6.07) is 11.3. The van der Waals surface area contributed by atoms with Gasteiger partial charge >= 0.3 is 6.36 Å². The van der Waals surface area contributed by atoms with Crippen LogP contribution in [-0.4, -0.2) is 35.5 Å². The molecule has 0 fully saturated rings. The number of rotatable bonds is 8. The van der Waals surface area contributed by atoms with Gasteiger partial charge in [0, 0.05) is 19.2 Å². The monoisotopic (exact) mass is 405 g/mol. The summed E-state index contributed by atoms with van der Waals surface area (Å²) in [7, 11) is -1.45. The van der Waals surface area contributed by atoms with Crippen molar-refractivity contribution >= 4 is 10.0 Å². The molecule has 0 aliphatic rings. The van der Waals surface area contributed by atoms with E-state index in [1.165, 1.54) is 26.4 Å². The van der Waals surface area contributed by atoms with Gasteiger partial charge in [0.1, 0.15) is 16.4 Å². The fourth-order valence-corrected chi connectivity index (χ4v) is 3.56. The van der Waals surface area contributed by atoms with Gasteiger partial charge in [0.05, 0.1) is 13.2 Å². The molecule has 1 atom stereocenters. The van der Waals surface area contributed by atoms with E-state index < -0.39 is 33.1 Å². The molecule has 148 valence electrons. The smallest absolute Gasteiger partial charge is 0.496 e. The molecule has 0 spiro atoms. The average molecular weight is 405 g/mol. The Morgan fingerprint density at radius 1 is 1.00 bits per heavy atom. The van der Waals surface area contributed by atoms with E-state index in [0.717, 1.165) is 12.1 Å². The molecule has 0 aliphatic carbocycles. The number of sulfonamides is 1. The predicted octanol–water partition coefficient (Wildman–Crippen LogP) is 3.26. The second-order valence-corrected chi connectivity index (χ2v) is 7.05. The van der Waals surface area contributed by atoms with Crippen molar-refractivity contribution < 1.29 is 35.8 Å². The molecule has 10 heteroatoms. The van der Waals surface area contributed by atoms with Crippen molar-refractivity contribution in [2.24, 2.45) is 0 Å². The van der Waals surface area contributed by atoms with Crippen LogP contribution in [0.1, 0.15) is 11.7 Å². The highest BCUT2D eigenvalue weighted by molar-refractivity contribution is 7.89. The minimum atomic E-state index is -5.02. The fourth-order valence-electron chi connectivity index (χ4n) is 2.40. The summed E-state index contributed by atoms with van der Waals surface area (Å²) in [5.74, 6) is -0.326. The van der Waals surface area contributed by atoms with Crippen molar-refractivity contribution in [3.63, 3.8) is 0 Å². The maximum absolute atomic E-state index is 12.5. The number of para-hydroxylation sites is 2. The van der Waals surface area contributed by atoms with Crippen molar-refractivity contribution in [3.05, 3.63) is 54.1 Å². The van der Waals surface area contributed by atoms with Crippen molar-refractivity contribution in [1.82, 2.24) is 4.72 Å². The minimum Gasteiger partial charge on any atom is -0.496 e. The summed E-state index contributed by atoms with van der Waals surface area (Å²) < 4.78 is 79.1. The molecule has 1 N–H and O–H groups in total. The van der Waals surface area contributed by atoms with Gasteiger partial charge in [0.2, 0.25) is 10.0 Å². The molecule has 0 unspecified atom stereocenters. The highest BCUT2D eigenvalue weighted by Gasteiger charge is 2.34. The van der Waals surface area contributed by atoms with E-state index >= 15 is 0 Å². The first-order valence-electron chi connectivity index (χ1n) is 7.68. The third-order valence-corrected chi connectivity index (χ3v) is 5.06. The molecule has 0 saturated heterocycles. The third-order valence-electron chi connectivity index (χ3n) is 3.59. The Labute approximate surface area is 154 Å². The van der Waals surface area contributed by atoms with Crippen LogP contribution in [0.15, 0.2) is 53.4 Å². The summed E-state index contributed by atoms with van der Waals surface area (Å²) >= 11 is 0. The van der Waals surface area contributed by atoms with Crippen LogP contribution in [-0.2, 0) is 14.8 Å². The standard InChI is InChI=1S/C17H18F3NO5S/c1-24-13-8-4-3-7-12(13)15(25-2)11-21-27(22,23)16-10-6-5-9-14(16)26-17(18,19)20/h3-10,15,21H,11H2,1-2H3/t15-/m1/s1. The molecule has 0 aromatic heterocycles. The molecule has 0 saturated carbocycles. The highest BCUT2D eigenvalue weighted by Crippen LogP contribution is 2.30. The number of alkyl halides is 3. The van der Waals surface area contributed by atoms with Crippen molar-refractivity contribution in [2.45, 2.75) is 17.4 Å². The molecule has 2 aromatic rings. The molecule has 0 bridgehead atoms. The van der Waals surface area contributed by atoms with E-state index in [9.17, 15) is 21.6 Å². The van der Waals surface area contributed by atoms with Gasteiger partial charge in [-0.2, -0.15) is 0 Å². The molecule has 0 heterocycles. The number of ether oxygens (including phenoxy) is 3. The Balaban J connectivity index is 2.24. The zero-order valence-corrected chi connectivity index (χ0v) is 15.3. The topological polar surface area (TPSA) is 73.9 Å². The summed E-state index contributed by atoms with van der Waals surface area (Å²) in [6.07, 6.45) is -5.73. The van der Waals surface area contributed by atoms with Crippen LogP contribution >= 0.6 is 0 Å². The lowest BCUT2D eigenvalue weighted by molar-refractivity contribution is -0.275. The fraction of sp³-hybridized carbons (Fsp3) is 0.294. The predicted molar refractivity (Wildman–Crippen MR) is 91.1 cm³/mol. The normalized spacial score (nSPS) is 13.2. The van der Waals surface area contributed by atoms with Crippen LogP contribution in [0.4, 0.5) is 13.2 Å². The number of methoxy groups -OCH3 is 2. The van der Waals surface area contributed by atoms with E-state index in [-0.39, 0.29) is 6.54 Å². The molecule has 0 aliphatic heterocycles. The first-order valence-corrected chi connectivity index (χ1v) is 9.16. The number of hydrogen-bond donors (Lipinski definition) is 1. The largest absolute Gasteiger partial charge is 0.573 e. The van der Waals surface area contributed by atoms with E-state index in [1.807, 2.05) is 0 Å². The van der Waals surface area contributed by atoms with Crippen LogP contribution in [0, 0.1) is 0 Å². The van der Waals surface area contributed by atoms with Gasteiger partial charge < -0.3 is 14.2 Å². The van der Waals surface area contributed by atoms with E-state index in [2.05, 4.69) is 9.46 Å². The molecule has 0 radical (unpaired) electrons. The minimum absolute atomic E-state index is 0.223. The lowest BCUT2D eigenvalue weighted by Gasteiger charge is -2.20. The molecular formula is C17H18F3NO5S. The van der Waals surface area contributed by atoms with Crippen LogP contribution in [0.2, 0.25) is 0 Å². The lowest BCUT2D eigenvalue weighted by atomic mass is 10.1. The summed E-state index contributed by atoms with van der Waals surface area (Å²) in [5.41, 5.74) is 0.588. The van der Waals surface area contributed by atoms with E-state index in [4.69, 9.17) is 9.47 Å². The van der Waals surface area contributed by atoms with Gasteiger partial charge in [0.15, 0.2) is 0 Å².